The summed E-state index contributed by atoms with van der Waals surface area (Å²) in [6.07, 6.45) is 0. The third-order valence-corrected chi connectivity index (χ3v) is 2.70. The first-order valence-corrected chi connectivity index (χ1v) is 5.24. The predicted octanol–water partition coefficient (Wildman–Crippen LogP) is 4.62. The van der Waals surface area contributed by atoms with Crippen LogP contribution in [0, 0.1) is 0 Å². The Balaban J connectivity index is 2.80. The molecule has 2 rings (SSSR count). The van der Waals surface area contributed by atoms with Crippen molar-refractivity contribution in [1.82, 2.24) is 0 Å². The molecule has 0 radical (unpaired) electrons. The first kappa shape index (κ1) is 9.54. The molecule has 0 bridgehead atoms. The number of rotatable bonds is 1. The number of halogens is 1. The van der Waals surface area contributed by atoms with Crippen LogP contribution in [0.3, 0.4) is 0 Å². The van der Waals surface area contributed by atoms with E-state index in [0.29, 0.717) is 5.92 Å². The molecule has 0 aliphatic heterocycles. The van der Waals surface area contributed by atoms with Gasteiger partial charge in [-0.3, -0.25) is 0 Å². The lowest BCUT2D eigenvalue weighted by Gasteiger charge is -2.10. The minimum Gasteiger partial charge on any atom is -0.0843 e. The van der Waals surface area contributed by atoms with Gasteiger partial charge >= 0.3 is 0 Å². The Morgan fingerprint density at radius 1 is 1.07 bits per heavy atom. The first-order chi connectivity index (χ1) is 6.68. The molecule has 0 nitrogen and oxygen atoms in total. The van der Waals surface area contributed by atoms with Gasteiger partial charge in [0.2, 0.25) is 0 Å². The molecular formula is C13H13Cl. The molecule has 1 heteroatoms. The van der Waals surface area contributed by atoms with Crippen molar-refractivity contribution in [2.45, 2.75) is 19.8 Å². The van der Waals surface area contributed by atoms with Crippen molar-refractivity contribution in [3.8, 4) is 0 Å². The van der Waals surface area contributed by atoms with Crippen molar-refractivity contribution in [2.24, 2.45) is 0 Å². The summed E-state index contributed by atoms with van der Waals surface area (Å²) in [7, 11) is 0. The molecule has 0 amide bonds. The standard InChI is InChI=1S/C13H13Cl/c1-9(2)13-8-11(14)7-10-5-3-4-6-12(10)13/h3-9H,1-2H3. The Kier molecular flexibility index (Phi) is 2.47. The molecule has 0 spiro atoms. The molecule has 0 unspecified atom stereocenters. The van der Waals surface area contributed by atoms with Crippen LogP contribution < -0.4 is 0 Å². The molecule has 2 aromatic rings. The van der Waals surface area contributed by atoms with Crippen molar-refractivity contribution in [3.05, 3.63) is 47.0 Å². The summed E-state index contributed by atoms with van der Waals surface area (Å²) in [5.41, 5.74) is 1.33. The molecule has 72 valence electrons. The molecule has 0 aliphatic carbocycles. The first-order valence-electron chi connectivity index (χ1n) is 4.86. The molecular weight excluding hydrogens is 192 g/mol. The highest BCUT2D eigenvalue weighted by Gasteiger charge is 2.05. The average molecular weight is 205 g/mol. The zero-order valence-corrected chi connectivity index (χ0v) is 9.18. The highest BCUT2D eigenvalue weighted by molar-refractivity contribution is 6.31. The molecule has 0 fully saturated rings. The summed E-state index contributed by atoms with van der Waals surface area (Å²) in [6.45, 7) is 4.39. The quantitative estimate of drug-likeness (QED) is 0.636. The third kappa shape index (κ3) is 1.62. The van der Waals surface area contributed by atoms with Crippen LogP contribution in [0.15, 0.2) is 36.4 Å². The maximum Gasteiger partial charge on any atom is 0.0415 e. The van der Waals surface area contributed by atoms with Gasteiger partial charge in [-0.2, -0.15) is 0 Å². The largest absolute Gasteiger partial charge is 0.0843 e. The number of benzene rings is 2. The van der Waals surface area contributed by atoms with Crippen LogP contribution in [0.4, 0.5) is 0 Å². The molecule has 0 aromatic heterocycles. The minimum atomic E-state index is 0.513. The van der Waals surface area contributed by atoms with Gasteiger partial charge in [0.25, 0.3) is 0 Å². The van der Waals surface area contributed by atoms with Gasteiger partial charge in [0.05, 0.1) is 0 Å². The summed E-state index contributed by atoms with van der Waals surface area (Å²) in [5, 5.41) is 3.36. The van der Waals surface area contributed by atoms with E-state index >= 15 is 0 Å². The van der Waals surface area contributed by atoms with Crippen molar-refractivity contribution >= 4 is 22.4 Å². The predicted molar refractivity (Wildman–Crippen MR) is 63.0 cm³/mol. The Bertz CT molecular complexity index is 458. The van der Waals surface area contributed by atoms with E-state index in [2.05, 4.69) is 38.1 Å². The molecule has 0 aliphatic rings. The molecule has 14 heavy (non-hydrogen) atoms. The summed E-state index contributed by atoms with van der Waals surface area (Å²) < 4.78 is 0. The van der Waals surface area contributed by atoms with E-state index in [1.54, 1.807) is 0 Å². The third-order valence-electron chi connectivity index (χ3n) is 2.48. The van der Waals surface area contributed by atoms with E-state index in [9.17, 15) is 0 Å². The van der Waals surface area contributed by atoms with Gasteiger partial charge in [0.1, 0.15) is 0 Å². The molecule has 0 atom stereocenters. The summed E-state index contributed by atoms with van der Waals surface area (Å²) in [6, 6.07) is 12.5. The van der Waals surface area contributed by atoms with Gasteiger partial charge in [-0.1, -0.05) is 49.7 Å². The fourth-order valence-corrected chi connectivity index (χ4v) is 2.02. The Hall–Kier alpha value is -1.01. The van der Waals surface area contributed by atoms with Crippen LogP contribution in [0.2, 0.25) is 5.02 Å². The Labute approximate surface area is 89.5 Å². The lowest BCUT2D eigenvalue weighted by molar-refractivity contribution is 0.876. The lowest BCUT2D eigenvalue weighted by atomic mass is 9.96. The molecule has 2 aromatic carbocycles. The van der Waals surface area contributed by atoms with Gasteiger partial charge in [-0.15, -0.1) is 0 Å². The van der Waals surface area contributed by atoms with Crippen LogP contribution in [0.25, 0.3) is 10.8 Å². The fourth-order valence-electron chi connectivity index (χ4n) is 1.78. The lowest BCUT2D eigenvalue weighted by Crippen LogP contribution is -1.89. The highest BCUT2D eigenvalue weighted by Crippen LogP contribution is 2.28. The van der Waals surface area contributed by atoms with Gasteiger partial charge in [0, 0.05) is 5.02 Å². The summed E-state index contributed by atoms with van der Waals surface area (Å²) >= 11 is 6.07. The van der Waals surface area contributed by atoms with Gasteiger partial charge in [0.15, 0.2) is 0 Å². The van der Waals surface area contributed by atoms with Gasteiger partial charge in [-0.25, -0.2) is 0 Å². The fraction of sp³-hybridized carbons (Fsp3) is 0.231. The van der Waals surface area contributed by atoms with E-state index in [1.807, 2.05) is 12.1 Å². The number of fused-ring (bicyclic) bond motifs is 1. The topological polar surface area (TPSA) is 0 Å². The van der Waals surface area contributed by atoms with Crippen LogP contribution >= 0.6 is 11.6 Å². The number of hydrogen-bond donors (Lipinski definition) is 0. The van der Waals surface area contributed by atoms with Crippen LogP contribution in [-0.4, -0.2) is 0 Å². The van der Waals surface area contributed by atoms with Crippen LogP contribution in [0.5, 0.6) is 0 Å². The smallest absolute Gasteiger partial charge is 0.0415 e. The molecule has 0 saturated carbocycles. The van der Waals surface area contributed by atoms with E-state index in [4.69, 9.17) is 11.6 Å². The highest BCUT2D eigenvalue weighted by atomic mass is 35.5. The van der Waals surface area contributed by atoms with Gasteiger partial charge in [-0.05, 0) is 34.4 Å². The zero-order chi connectivity index (χ0) is 10.1. The second-order valence-electron chi connectivity index (χ2n) is 3.87. The Morgan fingerprint density at radius 2 is 1.79 bits per heavy atom. The maximum absolute atomic E-state index is 6.07. The molecule has 0 saturated heterocycles. The zero-order valence-electron chi connectivity index (χ0n) is 8.42. The second-order valence-corrected chi connectivity index (χ2v) is 4.31. The van der Waals surface area contributed by atoms with Crippen LogP contribution in [-0.2, 0) is 0 Å². The van der Waals surface area contributed by atoms with Crippen LogP contribution in [0.1, 0.15) is 25.3 Å². The monoisotopic (exact) mass is 204 g/mol. The second kappa shape index (κ2) is 3.62. The van der Waals surface area contributed by atoms with Crippen molar-refractivity contribution in [1.29, 1.82) is 0 Å². The number of hydrogen-bond acceptors (Lipinski definition) is 0. The summed E-state index contributed by atoms with van der Waals surface area (Å²) in [5.74, 6) is 0.513. The SMILES string of the molecule is CC(C)c1cc(Cl)cc2ccccc12. The van der Waals surface area contributed by atoms with Crippen molar-refractivity contribution < 1.29 is 0 Å². The van der Waals surface area contributed by atoms with E-state index in [-0.39, 0.29) is 0 Å². The van der Waals surface area contributed by atoms with Crippen molar-refractivity contribution in [2.75, 3.05) is 0 Å². The average Bonchev–Trinajstić information content (AvgIpc) is 2.16. The van der Waals surface area contributed by atoms with E-state index in [1.165, 1.54) is 16.3 Å². The normalized spacial score (nSPS) is 11.1. The Morgan fingerprint density at radius 3 is 2.50 bits per heavy atom. The van der Waals surface area contributed by atoms with E-state index < -0.39 is 0 Å². The summed E-state index contributed by atoms with van der Waals surface area (Å²) in [4.78, 5) is 0. The van der Waals surface area contributed by atoms with Crippen molar-refractivity contribution in [3.63, 3.8) is 0 Å². The van der Waals surface area contributed by atoms with E-state index in [0.717, 1.165) is 5.02 Å². The molecule has 0 heterocycles. The molecule has 0 N–H and O–H groups in total. The van der Waals surface area contributed by atoms with Gasteiger partial charge < -0.3 is 0 Å². The minimum absolute atomic E-state index is 0.513. The maximum atomic E-state index is 6.07.